The van der Waals surface area contributed by atoms with Gasteiger partial charge in [0.05, 0.1) is 11.2 Å². The molecule has 8 heteroatoms. The van der Waals surface area contributed by atoms with E-state index in [4.69, 9.17) is 0 Å². The van der Waals surface area contributed by atoms with E-state index in [1.807, 2.05) is 0 Å². The fraction of sp³-hybridized carbons (Fsp3) is 0.556. The van der Waals surface area contributed by atoms with Crippen molar-refractivity contribution in [2.45, 2.75) is 57.9 Å². The molecule has 7 nitrogen and oxygen atoms in total. The zero-order chi connectivity index (χ0) is 19.4. The molecule has 1 aliphatic carbocycles. The number of nitrogens with one attached hydrogen (secondary N) is 2. The molecule has 1 saturated carbocycles. The molecule has 26 heavy (non-hydrogen) atoms. The van der Waals surface area contributed by atoms with E-state index in [9.17, 15) is 23.1 Å². The van der Waals surface area contributed by atoms with Gasteiger partial charge in [-0.25, -0.2) is 13.1 Å². The quantitative estimate of drug-likeness (QED) is 0.602. The molecule has 0 aromatic heterocycles. The summed E-state index contributed by atoms with van der Waals surface area (Å²) in [5.74, 6) is -1.42. The van der Waals surface area contributed by atoms with E-state index in [1.54, 1.807) is 38.1 Å². The number of rotatable bonds is 9. The van der Waals surface area contributed by atoms with E-state index < -0.39 is 21.4 Å². The average Bonchev–Trinajstić information content (AvgIpc) is 2.48. The Kier molecular flexibility index (Phi) is 6.41. The van der Waals surface area contributed by atoms with Gasteiger partial charge in [-0.15, -0.1) is 0 Å². The Bertz CT molecular complexity index is 770. The van der Waals surface area contributed by atoms with Crippen molar-refractivity contribution >= 4 is 21.9 Å². The molecule has 0 unspecified atom stereocenters. The predicted octanol–water partition coefficient (Wildman–Crippen LogP) is 1.78. The van der Waals surface area contributed by atoms with Crippen molar-refractivity contribution in [1.29, 1.82) is 0 Å². The Hall–Kier alpha value is -1.93. The van der Waals surface area contributed by atoms with Gasteiger partial charge in [-0.2, -0.15) is 0 Å². The minimum atomic E-state index is -3.47. The average molecular weight is 382 g/mol. The van der Waals surface area contributed by atoms with Crippen LogP contribution in [0.15, 0.2) is 24.3 Å². The maximum atomic E-state index is 12.2. The van der Waals surface area contributed by atoms with Crippen LogP contribution in [-0.4, -0.2) is 31.4 Å². The standard InChI is InChI=1S/C18H26N2O5S/c1-13(2)20-26(24,25)12-15-7-4-3-6-14(15)11-19-16(21)10-18(17(22)23)8-5-9-18/h3-4,6-7,13,20H,5,8-12H2,1-2H3,(H,19,21)(H,22,23). The van der Waals surface area contributed by atoms with Crippen LogP contribution >= 0.6 is 0 Å². The zero-order valence-corrected chi connectivity index (χ0v) is 15.9. The fourth-order valence-electron chi connectivity index (χ4n) is 3.11. The second-order valence-corrected chi connectivity index (χ2v) is 8.95. The Morgan fingerprint density at radius 1 is 1.19 bits per heavy atom. The molecule has 2 rings (SSSR count). The Morgan fingerprint density at radius 2 is 1.81 bits per heavy atom. The van der Waals surface area contributed by atoms with Crippen LogP contribution in [-0.2, 0) is 31.9 Å². The van der Waals surface area contributed by atoms with E-state index >= 15 is 0 Å². The topological polar surface area (TPSA) is 113 Å². The largest absolute Gasteiger partial charge is 0.481 e. The number of carboxylic acids is 1. The van der Waals surface area contributed by atoms with Crippen molar-refractivity contribution in [3.05, 3.63) is 35.4 Å². The fourth-order valence-corrected chi connectivity index (χ4v) is 4.60. The lowest BCUT2D eigenvalue weighted by molar-refractivity contribution is -0.157. The SMILES string of the molecule is CC(C)NS(=O)(=O)Cc1ccccc1CNC(=O)CC1(C(=O)O)CCC1. The van der Waals surface area contributed by atoms with Gasteiger partial charge in [0.2, 0.25) is 15.9 Å². The van der Waals surface area contributed by atoms with Crippen molar-refractivity contribution in [3.8, 4) is 0 Å². The van der Waals surface area contributed by atoms with Gasteiger partial charge in [0.25, 0.3) is 0 Å². The molecule has 3 N–H and O–H groups in total. The van der Waals surface area contributed by atoms with E-state index in [-0.39, 0.29) is 30.7 Å². The van der Waals surface area contributed by atoms with Gasteiger partial charge in [0.15, 0.2) is 0 Å². The number of carbonyl (C=O) groups is 2. The van der Waals surface area contributed by atoms with E-state index in [2.05, 4.69) is 10.0 Å². The summed E-state index contributed by atoms with van der Waals surface area (Å²) in [6, 6.07) is 6.81. The van der Waals surface area contributed by atoms with Crippen LogP contribution in [0.1, 0.15) is 50.7 Å². The summed E-state index contributed by atoms with van der Waals surface area (Å²) in [6.45, 7) is 3.67. The lowest BCUT2D eigenvalue weighted by atomic mass is 9.66. The molecule has 0 atom stereocenters. The second-order valence-electron chi connectivity index (χ2n) is 7.19. The van der Waals surface area contributed by atoms with Gasteiger partial charge in [-0.05, 0) is 37.8 Å². The minimum Gasteiger partial charge on any atom is -0.481 e. The van der Waals surface area contributed by atoms with Gasteiger partial charge in [0.1, 0.15) is 0 Å². The van der Waals surface area contributed by atoms with Crippen LogP contribution in [0.3, 0.4) is 0 Å². The molecule has 1 aromatic rings. The minimum absolute atomic E-state index is 0.0439. The Labute approximate surface area is 154 Å². The molecule has 0 spiro atoms. The summed E-state index contributed by atoms with van der Waals surface area (Å²) in [4.78, 5) is 23.5. The van der Waals surface area contributed by atoms with Gasteiger partial charge in [-0.1, -0.05) is 30.7 Å². The Morgan fingerprint density at radius 3 is 2.31 bits per heavy atom. The highest BCUT2D eigenvalue weighted by molar-refractivity contribution is 7.88. The predicted molar refractivity (Wildman–Crippen MR) is 97.7 cm³/mol. The van der Waals surface area contributed by atoms with Crippen molar-refractivity contribution in [1.82, 2.24) is 10.0 Å². The summed E-state index contributed by atoms with van der Waals surface area (Å²) in [5, 5.41) is 12.0. The molecule has 144 valence electrons. The molecule has 0 bridgehead atoms. The number of sulfonamides is 1. The number of carbonyl (C=O) groups excluding carboxylic acids is 1. The van der Waals surface area contributed by atoms with E-state index in [0.717, 1.165) is 6.42 Å². The van der Waals surface area contributed by atoms with Crippen LogP contribution in [0.2, 0.25) is 0 Å². The van der Waals surface area contributed by atoms with Crippen molar-refractivity contribution < 1.29 is 23.1 Å². The number of aliphatic carboxylic acids is 1. The monoisotopic (exact) mass is 382 g/mol. The highest BCUT2D eigenvalue weighted by Crippen LogP contribution is 2.44. The lowest BCUT2D eigenvalue weighted by Gasteiger charge is -2.36. The zero-order valence-electron chi connectivity index (χ0n) is 15.1. The third-order valence-electron chi connectivity index (χ3n) is 4.62. The molecule has 0 heterocycles. The van der Waals surface area contributed by atoms with E-state index in [1.165, 1.54) is 0 Å². The Balaban J connectivity index is 2.00. The van der Waals surface area contributed by atoms with Crippen molar-refractivity contribution in [2.75, 3.05) is 0 Å². The van der Waals surface area contributed by atoms with Crippen molar-refractivity contribution in [2.24, 2.45) is 5.41 Å². The van der Waals surface area contributed by atoms with Gasteiger partial charge >= 0.3 is 5.97 Å². The summed E-state index contributed by atoms with van der Waals surface area (Å²) in [6.07, 6.45) is 1.82. The van der Waals surface area contributed by atoms with Crippen molar-refractivity contribution in [3.63, 3.8) is 0 Å². The molecule has 1 aliphatic rings. The summed E-state index contributed by atoms with van der Waals surface area (Å²) < 4.78 is 26.8. The molecule has 1 aromatic carbocycles. The van der Waals surface area contributed by atoms with Gasteiger partial charge < -0.3 is 10.4 Å². The molecular formula is C18H26N2O5S. The number of hydrogen-bond donors (Lipinski definition) is 3. The molecular weight excluding hydrogens is 356 g/mol. The first-order chi connectivity index (χ1) is 12.1. The normalized spacial score (nSPS) is 16.1. The maximum Gasteiger partial charge on any atom is 0.310 e. The van der Waals surface area contributed by atoms with Crippen LogP contribution in [0.5, 0.6) is 0 Å². The summed E-state index contributed by atoms with van der Waals surface area (Å²) in [5.41, 5.74) is 0.374. The lowest BCUT2D eigenvalue weighted by Crippen LogP contribution is -2.42. The second kappa shape index (κ2) is 8.18. The van der Waals surface area contributed by atoms with Crippen LogP contribution in [0.25, 0.3) is 0 Å². The third kappa shape index (κ3) is 5.28. The highest BCUT2D eigenvalue weighted by atomic mass is 32.2. The van der Waals surface area contributed by atoms with Gasteiger partial charge in [-0.3, -0.25) is 9.59 Å². The molecule has 0 aliphatic heterocycles. The number of carboxylic acid groups (broad SMARTS) is 1. The summed E-state index contributed by atoms with van der Waals surface area (Å²) in [7, 11) is -3.47. The molecule has 0 saturated heterocycles. The number of benzene rings is 1. The van der Waals surface area contributed by atoms with Crippen LogP contribution in [0.4, 0.5) is 0 Å². The molecule has 0 radical (unpaired) electrons. The van der Waals surface area contributed by atoms with Crippen LogP contribution < -0.4 is 10.0 Å². The third-order valence-corrected chi connectivity index (χ3v) is 6.14. The van der Waals surface area contributed by atoms with Crippen LogP contribution in [0, 0.1) is 5.41 Å². The summed E-state index contributed by atoms with van der Waals surface area (Å²) >= 11 is 0. The maximum absolute atomic E-state index is 12.2. The molecule has 1 fully saturated rings. The number of amides is 1. The highest BCUT2D eigenvalue weighted by Gasteiger charge is 2.45. The molecule has 1 amide bonds. The smallest absolute Gasteiger partial charge is 0.310 e. The van der Waals surface area contributed by atoms with Gasteiger partial charge in [0, 0.05) is 19.0 Å². The first kappa shape index (κ1) is 20.4. The number of hydrogen-bond acceptors (Lipinski definition) is 4. The van der Waals surface area contributed by atoms with E-state index in [0.29, 0.717) is 24.0 Å². The first-order valence-electron chi connectivity index (χ1n) is 8.70. The first-order valence-corrected chi connectivity index (χ1v) is 10.4.